The minimum absolute atomic E-state index is 0.0204. The molecule has 4 N–H and O–H groups in total. The SMILES string of the molecule is C/C(=C\C(=O)Nc1ccc(N)cc1)C(=O)O. The molecule has 0 spiro atoms. The molecule has 0 saturated heterocycles. The summed E-state index contributed by atoms with van der Waals surface area (Å²) in [5.74, 6) is -1.60. The van der Waals surface area contributed by atoms with Crippen LogP contribution in [0.2, 0.25) is 0 Å². The van der Waals surface area contributed by atoms with Crippen molar-refractivity contribution in [3.05, 3.63) is 35.9 Å². The van der Waals surface area contributed by atoms with Gasteiger partial charge in [0.1, 0.15) is 0 Å². The van der Waals surface area contributed by atoms with Gasteiger partial charge in [0, 0.05) is 23.0 Å². The van der Waals surface area contributed by atoms with Gasteiger partial charge in [0.2, 0.25) is 5.91 Å². The van der Waals surface area contributed by atoms with E-state index in [9.17, 15) is 9.59 Å². The van der Waals surface area contributed by atoms with Crippen molar-refractivity contribution in [3.8, 4) is 0 Å². The first kappa shape index (κ1) is 11.8. The normalized spacial score (nSPS) is 10.9. The average molecular weight is 220 g/mol. The highest BCUT2D eigenvalue weighted by Crippen LogP contribution is 2.10. The number of rotatable bonds is 3. The van der Waals surface area contributed by atoms with Crippen molar-refractivity contribution in [1.29, 1.82) is 0 Å². The van der Waals surface area contributed by atoms with Gasteiger partial charge < -0.3 is 16.2 Å². The summed E-state index contributed by atoms with van der Waals surface area (Å²) in [5, 5.41) is 11.1. The summed E-state index contributed by atoms with van der Waals surface area (Å²) in [7, 11) is 0. The van der Waals surface area contributed by atoms with Crippen LogP contribution >= 0.6 is 0 Å². The number of amides is 1. The number of carboxylic acid groups (broad SMARTS) is 1. The summed E-state index contributed by atoms with van der Waals surface area (Å²) < 4.78 is 0. The van der Waals surface area contributed by atoms with E-state index in [0.29, 0.717) is 11.4 Å². The molecule has 1 aromatic carbocycles. The van der Waals surface area contributed by atoms with Gasteiger partial charge >= 0.3 is 5.97 Å². The number of hydrogen-bond donors (Lipinski definition) is 3. The first-order chi connectivity index (χ1) is 7.49. The lowest BCUT2D eigenvalue weighted by Crippen LogP contribution is -2.10. The average Bonchev–Trinajstić information content (AvgIpc) is 2.21. The Morgan fingerprint density at radius 2 is 1.88 bits per heavy atom. The molecule has 0 aliphatic heterocycles. The van der Waals surface area contributed by atoms with Gasteiger partial charge in [-0.3, -0.25) is 4.79 Å². The Kier molecular flexibility index (Phi) is 3.66. The second-order valence-corrected chi connectivity index (χ2v) is 3.24. The molecular weight excluding hydrogens is 208 g/mol. The molecule has 0 unspecified atom stereocenters. The Hall–Kier alpha value is -2.30. The van der Waals surface area contributed by atoms with Gasteiger partial charge in [-0.15, -0.1) is 0 Å². The first-order valence-electron chi connectivity index (χ1n) is 4.57. The van der Waals surface area contributed by atoms with Crippen LogP contribution in [0.15, 0.2) is 35.9 Å². The molecule has 0 bridgehead atoms. The number of aliphatic carboxylic acids is 1. The molecule has 1 rings (SSSR count). The maximum Gasteiger partial charge on any atom is 0.331 e. The first-order valence-corrected chi connectivity index (χ1v) is 4.57. The zero-order valence-electron chi connectivity index (χ0n) is 8.73. The summed E-state index contributed by atoms with van der Waals surface area (Å²) >= 11 is 0. The second-order valence-electron chi connectivity index (χ2n) is 3.24. The summed E-state index contributed by atoms with van der Waals surface area (Å²) in [5.41, 5.74) is 6.61. The van der Waals surface area contributed by atoms with Crippen LogP contribution in [0.5, 0.6) is 0 Å². The zero-order chi connectivity index (χ0) is 12.1. The molecule has 16 heavy (non-hydrogen) atoms. The third-order valence-electron chi connectivity index (χ3n) is 1.86. The minimum Gasteiger partial charge on any atom is -0.478 e. The standard InChI is InChI=1S/C11H12N2O3/c1-7(11(15)16)6-10(14)13-9-4-2-8(12)3-5-9/h2-6H,12H2,1H3,(H,13,14)(H,15,16)/b7-6+. The van der Waals surface area contributed by atoms with Gasteiger partial charge in [0.25, 0.3) is 0 Å². The Bertz CT molecular complexity index is 435. The maximum atomic E-state index is 11.3. The predicted octanol–water partition coefficient (Wildman–Crippen LogP) is 1.24. The highest BCUT2D eigenvalue weighted by molar-refractivity contribution is 6.04. The van der Waals surface area contributed by atoms with Gasteiger partial charge in [-0.05, 0) is 31.2 Å². The lowest BCUT2D eigenvalue weighted by Gasteiger charge is -2.02. The molecule has 0 atom stereocenters. The number of carbonyl (C=O) groups excluding carboxylic acids is 1. The van der Waals surface area contributed by atoms with Crippen molar-refractivity contribution in [2.75, 3.05) is 11.1 Å². The van der Waals surface area contributed by atoms with Crippen molar-refractivity contribution in [3.63, 3.8) is 0 Å². The fourth-order valence-electron chi connectivity index (χ4n) is 1.00. The van der Waals surface area contributed by atoms with Crippen LogP contribution in [0.3, 0.4) is 0 Å². The van der Waals surface area contributed by atoms with Crippen LogP contribution in [0.4, 0.5) is 11.4 Å². The Morgan fingerprint density at radius 3 is 2.38 bits per heavy atom. The van der Waals surface area contributed by atoms with Crippen LogP contribution in [0.25, 0.3) is 0 Å². The Balaban J connectivity index is 2.68. The van der Waals surface area contributed by atoms with Crippen LogP contribution in [0.1, 0.15) is 6.92 Å². The Morgan fingerprint density at radius 1 is 1.31 bits per heavy atom. The highest BCUT2D eigenvalue weighted by Gasteiger charge is 2.04. The number of benzene rings is 1. The molecule has 5 nitrogen and oxygen atoms in total. The zero-order valence-corrected chi connectivity index (χ0v) is 8.73. The van der Waals surface area contributed by atoms with Gasteiger partial charge in [-0.2, -0.15) is 0 Å². The third-order valence-corrected chi connectivity index (χ3v) is 1.86. The fourth-order valence-corrected chi connectivity index (χ4v) is 1.00. The van der Waals surface area contributed by atoms with E-state index in [0.717, 1.165) is 6.08 Å². The van der Waals surface area contributed by atoms with Crippen LogP contribution in [-0.4, -0.2) is 17.0 Å². The van der Waals surface area contributed by atoms with E-state index in [4.69, 9.17) is 10.8 Å². The van der Waals surface area contributed by atoms with Crippen LogP contribution in [-0.2, 0) is 9.59 Å². The van der Waals surface area contributed by atoms with E-state index in [2.05, 4.69) is 5.32 Å². The maximum absolute atomic E-state index is 11.3. The molecule has 0 aliphatic carbocycles. The van der Waals surface area contributed by atoms with Crippen molar-refractivity contribution in [2.45, 2.75) is 6.92 Å². The van der Waals surface area contributed by atoms with E-state index in [1.54, 1.807) is 24.3 Å². The van der Waals surface area contributed by atoms with Gasteiger partial charge in [0.05, 0.1) is 0 Å². The molecule has 0 aliphatic rings. The topological polar surface area (TPSA) is 92.4 Å². The largest absolute Gasteiger partial charge is 0.478 e. The number of nitrogens with two attached hydrogens (primary N) is 1. The van der Waals surface area contributed by atoms with E-state index < -0.39 is 11.9 Å². The van der Waals surface area contributed by atoms with Crippen molar-refractivity contribution < 1.29 is 14.7 Å². The molecule has 84 valence electrons. The fraction of sp³-hybridized carbons (Fsp3) is 0.0909. The van der Waals surface area contributed by atoms with E-state index in [1.807, 2.05) is 0 Å². The van der Waals surface area contributed by atoms with E-state index in [1.165, 1.54) is 6.92 Å². The Labute approximate surface area is 92.6 Å². The molecule has 5 heteroatoms. The highest BCUT2D eigenvalue weighted by atomic mass is 16.4. The van der Waals surface area contributed by atoms with Crippen molar-refractivity contribution >= 4 is 23.3 Å². The molecule has 1 amide bonds. The van der Waals surface area contributed by atoms with Crippen molar-refractivity contribution in [2.24, 2.45) is 0 Å². The number of hydrogen-bond acceptors (Lipinski definition) is 3. The number of anilines is 2. The van der Waals surface area contributed by atoms with E-state index >= 15 is 0 Å². The van der Waals surface area contributed by atoms with Crippen LogP contribution in [0, 0.1) is 0 Å². The van der Waals surface area contributed by atoms with Gasteiger partial charge in [0.15, 0.2) is 0 Å². The quantitative estimate of drug-likeness (QED) is 0.527. The lowest BCUT2D eigenvalue weighted by atomic mass is 10.2. The smallest absolute Gasteiger partial charge is 0.331 e. The van der Waals surface area contributed by atoms with Crippen LogP contribution < -0.4 is 11.1 Å². The molecule has 0 fully saturated rings. The number of nitrogen functional groups attached to an aromatic ring is 1. The number of carbonyl (C=O) groups is 2. The molecule has 0 saturated carbocycles. The van der Waals surface area contributed by atoms with Crippen molar-refractivity contribution in [1.82, 2.24) is 0 Å². The summed E-state index contributed by atoms with van der Waals surface area (Å²) in [6, 6.07) is 6.56. The van der Waals surface area contributed by atoms with Gasteiger partial charge in [-0.25, -0.2) is 4.79 Å². The van der Waals surface area contributed by atoms with Gasteiger partial charge in [-0.1, -0.05) is 0 Å². The summed E-state index contributed by atoms with van der Waals surface area (Å²) in [6.07, 6.45) is 1.03. The third kappa shape index (κ3) is 3.45. The molecular formula is C11H12N2O3. The monoisotopic (exact) mass is 220 g/mol. The molecule has 0 radical (unpaired) electrons. The predicted molar refractivity (Wildman–Crippen MR) is 60.9 cm³/mol. The summed E-state index contributed by atoms with van der Waals surface area (Å²) in [4.78, 5) is 21.8. The van der Waals surface area contributed by atoms with E-state index in [-0.39, 0.29) is 5.57 Å². The lowest BCUT2D eigenvalue weighted by molar-refractivity contribution is -0.132. The number of nitrogens with one attached hydrogen (secondary N) is 1. The molecule has 1 aromatic rings. The molecule has 0 heterocycles. The molecule has 0 aromatic heterocycles. The number of carboxylic acids is 1. The minimum atomic E-state index is -1.12. The second kappa shape index (κ2) is 4.97. The summed E-state index contributed by atoms with van der Waals surface area (Å²) in [6.45, 7) is 1.35.